The van der Waals surface area contributed by atoms with Crippen molar-refractivity contribution in [2.45, 2.75) is 6.92 Å². The van der Waals surface area contributed by atoms with Crippen molar-refractivity contribution in [3.63, 3.8) is 0 Å². The molecule has 4 rings (SSSR count). The van der Waals surface area contributed by atoms with Gasteiger partial charge >= 0.3 is 0 Å². The fourth-order valence-electron chi connectivity index (χ4n) is 3.36. The Balaban J connectivity index is 1.96. The standard InChI is InChI=1S/C25H21ClN4O4S/c1-3-34-19-14-10-17(11-15-19)30-24(32)22(28-27-21-7-5-4-6-20(21)26)23(31)29(25(30)35)16-8-12-18(33-2)13-9-16/h4-15,32H,3H2,1-2H3. The molecule has 0 spiro atoms. The summed E-state index contributed by atoms with van der Waals surface area (Å²) in [6, 6.07) is 20.5. The number of benzene rings is 3. The van der Waals surface area contributed by atoms with Crippen LogP contribution in [0.2, 0.25) is 5.02 Å². The molecule has 1 N–H and O–H groups in total. The number of rotatable bonds is 7. The van der Waals surface area contributed by atoms with Crippen LogP contribution in [-0.2, 0) is 0 Å². The fraction of sp³-hybridized carbons (Fsp3) is 0.120. The maximum absolute atomic E-state index is 13.5. The van der Waals surface area contributed by atoms with Gasteiger partial charge in [0.15, 0.2) is 4.77 Å². The van der Waals surface area contributed by atoms with Gasteiger partial charge in [-0.15, -0.1) is 10.2 Å². The SMILES string of the molecule is CCOc1ccc(-n2c(O)c(N=Nc3ccccc3Cl)c(=O)n(-c3ccc(OC)cc3)c2=S)cc1. The van der Waals surface area contributed by atoms with E-state index in [4.69, 9.17) is 33.3 Å². The van der Waals surface area contributed by atoms with Gasteiger partial charge in [0.1, 0.15) is 17.2 Å². The van der Waals surface area contributed by atoms with Crippen LogP contribution in [0.5, 0.6) is 17.4 Å². The third-order valence-corrected chi connectivity index (χ3v) is 5.74. The zero-order valence-corrected chi connectivity index (χ0v) is 20.5. The number of methoxy groups -OCH3 is 1. The number of aromatic nitrogens is 2. The van der Waals surface area contributed by atoms with Gasteiger partial charge < -0.3 is 14.6 Å². The second-order valence-electron chi connectivity index (χ2n) is 7.21. The molecule has 1 aromatic heterocycles. The topological polar surface area (TPSA) is 90.3 Å². The van der Waals surface area contributed by atoms with Gasteiger partial charge in [-0.05, 0) is 79.8 Å². The van der Waals surface area contributed by atoms with E-state index in [0.29, 0.717) is 40.2 Å². The number of hydrogen-bond donors (Lipinski definition) is 1. The molecule has 0 unspecified atom stereocenters. The summed E-state index contributed by atoms with van der Waals surface area (Å²) in [5.74, 6) is 0.818. The molecule has 0 aliphatic heterocycles. The average molecular weight is 509 g/mol. The van der Waals surface area contributed by atoms with Crippen LogP contribution in [0.1, 0.15) is 6.92 Å². The van der Waals surface area contributed by atoms with Crippen LogP contribution in [0.25, 0.3) is 11.4 Å². The molecule has 4 aromatic rings. The minimum absolute atomic E-state index is 0.0403. The Morgan fingerprint density at radius 3 is 2.11 bits per heavy atom. The summed E-state index contributed by atoms with van der Waals surface area (Å²) in [5, 5.41) is 19.6. The largest absolute Gasteiger partial charge is 0.497 e. The molecule has 0 fully saturated rings. The van der Waals surface area contributed by atoms with E-state index in [1.807, 2.05) is 6.92 Å². The van der Waals surface area contributed by atoms with Gasteiger partial charge in [-0.3, -0.25) is 13.9 Å². The van der Waals surface area contributed by atoms with Gasteiger partial charge in [0, 0.05) is 0 Å². The van der Waals surface area contributed by atoms with Crippen LogP contribution in [0.3, 0.4) is 0 Å². The molecule has 0 aliphatic rings. The zero-order chi connectivity index (χ0) is 24.9. The number of nitrogens with zero attached hydrogens (tertiary/aromatic N) is 4. The van der Waals surface area contributed by atoms with E-state index in [1.165, 1.54) is 9.13 Å². The number of halogens is 1. The first kappa shape index (κ1) is 24.2. The Kier molecular flexibility index (Phi) is 7.28. The van der Waals surface area contributed by atoms with E-state index in [9.17, 15) is 9.90 Å². The first-order valence-corrected chi connectivity index (χ1v) is 11.4. The van der Waals surface area contributed by atoms with Crippen molar-refractivity contribution in [1.82, 2.24) is 9.13 Å². The molecule has 8 nitrogen and oxygen atoms in total. The smallest absolute Gasteiger partial charge is 0.290 e. The van der Waals surface area contributed by atoms with Crippen molar-refractivity contribution < 1.29 is 14.6 Å². The molecule has 0 saturated carbocycles. The summed E-state index contributed by atoms with van der Waals surface area (Å²) in [7, 11) is 1.55. The maximum Gasteiger partial charge on any atom is 0.290 e. The van der Waals surface area contributed by atoms with Crippen molar-refractivity contribution in [1.29, 1.82) is 0 Å². The molecule has 0 aliphatic carbocycles. The number of hydrogen-bond acceptors (Lipinski definition) is 7. The van der Waals surface area contributed by atoms with Gasteiger partial charge in [0.05, 0.1) is 30.1 Å². The summed E-state index contributed by atoms with van der Waals surface area (Å²) in [5.41, 5.74) is 0.375. The summed E-state index contributed by atoms with van der Waals surface area (Å²) >= 11 is 11.8. The Hall–Kier alpha value is -3.95. The Labute approximate surface area is 211 Å². The van der Waals surface area contributed by atoms with Crippen molar-refractivity contribution in [2.75, 3.05) is 13.7 Å². The van der Waals surface area contributed by atoms with Crippen LogP contribution in [0.15, 0.2) is 87.8 Å². The van der Waals surface area contributed by atoms with Crippen molar-refractivity contribution in [2.24, 2.45) is 10.2 Å². The van der Waals surface area contributed by atoms with Gasteiger partial charge in [0.25, 0.3) is 5.56 Å². The van der Waals surface area contributed by atoms with E-state index >= 15 is 0 Å². The molecular formula is C25H21ClN4O4S. The second-order valence-corrected chi connectivity index (χ2v) is 7.98. The van der Waals surface area contributed by atoms with E-state index in [-0.39, 0.29) is 10.5 Å². The van der Waals surface area contributed by atoms with E-state index in [2.05, 4.69) is 10.2 Å². The predicted octanol–water partition coefficient (Wildman–Crippen LogP) is 6.54. The highest BCUT2D eigenvalue weighted by molar-refractivity contribution is 7.71. The van der Waals surface area contributed by atoms with Gasteiger partial charge in [-0.25, -0.2) is 0 Å². The first-order chi connectivity index (χ1) is 16.9. The Morgan fingerprint density at radius 1 is 0.914 bits per heavy atom. The quantitative estimate of drug-likeness (QED) is 0.226. The summed E-state index contributed by atoms with van der Waals surface area (Å²) in [6.45, 7) is 2.40. The van der Waals surface area contributed by atoms with Gasteiger partial charge in [0.2, 0.25) is 11.6 Å². The molecule has 10 heteroatoms. The van der Waals surface area contributed by atoms with E-state index < -0.39 is 11.4 Å². The highest BCUT2D eigenvalue weighted by Crippen LogP contribution is 2.31. The molecule has 1 heterocycles. The third-order valence-electron chi connectivity index (χ3n) is 5.06. The van der Waals surface area contributed by atoms with Gasteiger partial charge in [-0.1, -0.05) is 23.7 Å². The van der Waals surface area contributed by atoms with Gasteiger partial charge in [-0.2, -0.15) is 0 Å². The first-order valence-electron chi connectivity index (χ1n) is 10.6. The Morgan fingerprint density at radius 2 is 1.51 bits per heavy atom. The van der Waals surface area contributed by atoms with Crippen LogP contribution >= 0.6 is 23.8 Å². The van der Waals surface area contributed by atoms with Crippen LogP contribution in [-0.4, -0.2) is 28.0 Å². The number of ether oxygens (including phenoxy) is 2. The second kappa shape index (κ2) is 10.5. The number of azo groups is 1. The lowest BCUT2D eigenvalue weighted by molar-refractivity contribution is 0.340. The minimum Gasteiger partial charge on any atom is -0.497 e. The molecule has 0 bridgehead atoms. The lowest BCUT2D eigenvalue weighted by atomic mass is 10.2. The average Bonchev–Trinajstić information content (AvgIpc) is 2.86. The molecule has 0 saturated heterocycles. The monoisotopic (exact) mass is 508 g/mol. The molecule has 0 radical (unpaired) electrons. The van der Waals surface area contributed by atoms with Crippen molar-refractivity contribution >= 4 is 35.2 Å². The highest BCUT2D eigenvalue weighted by Gasteiger charge is 2.19. The zero-order valence-electron chi connectivity index (χ0n) is 18.9. The van der Waals surface area contributed by atoms with Crippen LogP contribution < -0.4 is 15.0 Å². The molecule has 0 atom stereocenters. The number of aromatic hydroxyl groups is 1. The molecular weight excluding hydrogens is 488 g/mol. The summed E-state index contributed by atoms with van der Waals surface area (Å²) < 4.78 is 13.4. The maximum atomic E-state index is 13.5. The van der Waals surface area contributed by atoms with Crippen molar-refractivity contribution in [3.05, 3.63) is 92.9 Å². The molecule has 178 valence electrons. The van der Waals surface area contributed by atoms with E-state index in [0.717, 1.165) is 0 Å². The van der Waals surface area contributed by atoms with Crippen LogP contribution in [0, 0.1) is 4.77 Å². The van der Waals surface area contributed by atoms with E-state index in [1.54, 1.807) is 79.9 Å². The lowest BCUT2D eigenvalue weighted by Crippen LogP contribution is -2.23. The molecule has 3 aromatic carbocycles. The van der Waals surface area contributed by atoms with Crippen molar-refractivity contribution in [3.8, 4) is 28.8 Å². The third kappa shape index (κ3) is 4.96. The Bertz CT molecular complexity index is 1500. The lowest BCUT2D eigenvalue weighted by Gasteiger charge is -2.16. The summed E-state index contributed by atoms with van der Waals surface area (Å²) in [6.07, 6.45) is 0. The van der Waals surface area contributed by atoms with Crippen LogP contribution in [0.4, 0.5) is 11.4 Å². The predicted molar refractivity (Wildman–Crippen MR) is 137 cm³/mol. The summed E-state index contributed by atoms with van der Waals surface area (Å²) in [4.78, 5) is 13.5. The molecule has 35 heavy (non-hydrogen) atoms. The fourth-order valence-corrected chi connectivity index (χ4v) is 3.91. The molecule has 0 amide bonds. The normalized spacial score (nSPS) is 11.1. The highest BCUT2D eigenvalue weighted by atomic mass is 35.5. The minimum atomic E-state index is -0.643.